The second kappa shape index (κ2) is 9.74. The van der Waals surface area contributed by atoms with E-state index in [2.05, 4.69) is 20.3 Å². The molecule has 0 bridgehead atoms. The van der Waals surface area contributed by atoms with Crippen LogP contribution in [0.1, 0.15) is 17.4 Å². The predicted molar refractivity (Wildman–Crippen MR) is 131 cm³/mol. The Balaban J connectivity index is 1.69. The molecular formula is C23H18Cl2N4O3S. The highest BCUT2D eigenvalue weighted by Gasteiger charge is 2.22. The number of para-hydroxylation sites is 1. The molecule has 0 radical (unpaired) electrons. The van der Waals surface area contributed by atoms with Crippen molar-refractivity contribution >= 4 is 63.1 Å². The quantitative estimate of drug-likeness (QED) is 0.511. The first kappa shape index (κ1) is 23.0. The van der Waals surface area contributed by atoms with Gasteiger partial charge in [-0.15, -0.1) is 0 Å². The van der Waals surface area contributed by atoms with Gasteiger partial charge in [-0.25, -0.2) is 4.79 Å². The van der Waals surface area contributed by atoms with Gasteiger partial charge in [0.15, 0.2) is 5.13 Å². The molecule has 1 aliphatic rings. The van der Waals surface area contributed by atoms with Gasteiger partial charge in [-0.2, -0.15) is 4.98 Å². The van der Waals surface area contributed by atoms with Gasteiger partial charge in [0.05, 0.1) is 38.3 Å². The van der Waals surface area contributed by atoms with Crippen LogP contribution in [0.25, 0.3) is 6.08 Å². The maximum absolute atomic E-state index is 12.3. The summed E-state index contributed by atoms with van der Waals surface area (Å²) in [4.78, 5) is 25.6. The number of hydrogen-bond acceptors (Lipinski definition) is 8. The van der Waals surface area contributed by atoms with E-state index in [9.17, 15) is 9.90 Å². The van der Waals surface area contributed by atoms with Crippen LogP contribution in [0, 0.1) is 0 Å². The number of aromatic hydroxyl groups is 1. The van der Waals surface area contributed by atoms with Crippen molar-refractivity contribution in [3.05, 3.63) is 79.2 Å². The summed E-state index contributed by atoms with van der Waals surface area (Å²) in [5, 5.41) is 16.2. The molecule has 4 rings (SSSR count). The minimum atomic E-state index is -0.476. The molecule has 2 heterocycles. The summed E-state index contributed by atoms with van der Waals surface area (Å²) in [6.45, 7) is 2.00. The lowest BCUT2D eigenvalue weighted by Crippen LogP contribution is -2.28. The zero-order valence-electron chi connectivity index (χ0n) is 17.6. The number of aliphatic imine (C=N–C) groups is 1. The highest BCUT2D eigenvalue weighted by molar-refractivity contribution is 7.16. The summed E-state index contributed by atoms with van der Waals surface area (Å²) in [5.74, 6) is -0.611. The Morgan fingerprint density at radius 3 is 2.73 bits per heavy atom. The van der Waals surface area contributed by atoms with Crippen LogP contribution in [0.5, 0.6) is 5.88 Å². The molecule has 0 amide bonds. The molecule has 0 aliphatic carbocycles. The molecule has 0 saturated heterocycles. The van der Waals surface area contributed by atoms with Crippen LogP contribution < -0.4 is 15.9 Å². The average Bonchev–Trinajstić information content (AvgIpc) is 3.14. The largest absolute Gasteiger partial charge is 0.492 e. The molecule has 0 atom stereocenters. The van der Waals surface area contributed by atoms with Crippen molar-refractivity contribution in [2.75, 3.05) is 19.0 Å². The van der Waals surface area contributed by atoms with E-state index in [4.69, 9.17) is 27.9 Å². The summed E-state index contributed by atoms with van der Waals surface area (Å²) in [5.41, 5.74) is 2.01. The molecule has 7 nitrogen and oxygen atoms in total. The number of esters is 1. The van der Waals surface area contributed by atoms with Gasteiger partial charge in [0.1, 0.15) is 5.57 Å². The number of nitrogens with one attached hydrogen (secondary N) is 1. The molecule has 10 heteroatoms. The van der Waals surface area contributed by atoms with Crippen LogP contribution in [0.15, 0.2) is 58.2 Å². The third-order valence-corrected chi connectivity index (χ3v) is 6.25. The van der Waals surface area contributed by atoms with E-state index >= 15 is 0 Å². The van der Waals surface area contributed by atoms with Gasteiger partial charge >= 0.3 is 5.97 Å². The van der Waals surface area contributed by atoms with Crippen molar-refractivity contribution in [1.29, 1.82) is 0 Å². The van der Waals surface area contributed by atoms with E-state index in [0.717, 1.165) is 5.22 Å². The molecule has 0 saturated carbocycles. The van der Waals surface area contributed by atoms with Crippen molar-refractivity contribution in [2.24, 2.45) is 9.98 Å². The van der Waals surface area contributed by atoms with Crippen LogP contribution in [-0.2, 0) is 9.53 Å². The SMILES string of the molecule is CCOC(=O)C1=CN=c2ccc(=Cc3sc(Nc4c(Cl)cccc4Cl)nc3O)cc2C1=NC. The Labute approximate surface area is 203 Å². The van der Waals surface area contributed by atoms with E-state index in [1.807, 2.05) is 18.2 Å². The molecule has 2 aromatic carbocycles. The molecule has 1 aliphatic heterocycles. The van der Waals surface area contributed by atoms with Crippen LogP contribution in [0.3, 0.4) is 0 Å². The second-order valence-electron chi connectivity index (χ2n) is 6.81. The van der Waals surface area contributed by atoms with Gasteiger partial charge in [-0.3, -0.25) is 9.98 Å². The van der Waals surface area contributed by atoms with Gasteiger partial charge in [0.25, 0.3) is 0 Å². The number of benzene rings is 2. The first-order valence-corrected chi connectivity index (χ1v) is 11.4. The average molecular weight is 501 g/mol. The van der Waals surface area contributed by atoms with Gasteiger partial charge < -0.3 is 15.2 Å². The van der Waals surface area contributed by atoms with Gasteiger partial charge in [-0.05, 0) is 42.5 Å². The molecule has 168 valence electrons. The highest BCUT2D eigenvalue weighted by Crippen LogP contribution is 2.36. The number of halogens is 2. The minimum Gasteiger partial charge on any atom is -0.492 e. The molecule has 0 fully saturated rings. The lowest BCUT2D eigenvalue weighted by Gasteiger charge is -2.13. The summed E-state index contributed by atoms with van der Waals surface area (Å²) < 4.78 is 5.12. The van der Waals surface area contributed by atoms with E-state index in [1.165, 1.54) is 17.5 Å². The molecular weight excluding hydrogens is 483 g/mol. The van der Waals surface area contributed by atoms with Crippen molar-refractivity contribution in [3.63, 3.8) is 0 Å². The standard InChI is InChI=1S/C23H18Cl2N4O3S/c1-3-32-22(31)14-11-27-17-8-7-12(9-13(17)19(14)26-2)10-18-21(30)29-23(33-18)28-20-15(24)5-4-6-16(20)25/h4-11,30H,3H2,1-2H3,(H,28,29). The lowest BCUT2D eigenvalue weighted by molar-refractivity contribution is -0.137. The molecule has 0 unspecified atom stereocenters. The number of hydrogen-bond donors (Lipinski definition) is 2. The number of anilines is 2. The third kappa shape index (κ3) is 4.78. The van der Waals surface area contributed by atoms with Gasteiger partial charge in [-0.1, -0.05) is 46.7 Å². The number of aromatic nitrogens is 1. The zero-order chi connectivity index (χ0) is 23.5. The Morgan fingerprint density at radius 1 is 1.27 bits per heavy atom. The number of rotatable bonds is 5. The smallest absolute Gasteiger partial charge is 0.341 e. The van der Waals surface area contributed by atoms with Gasteiger partial charge in [0.2, 0.25) is 5.88 Å². The summed E-state index contributed by atoms with van der Waals surface area (Å²) >= 11 is 13.7. The fraction of sp³-hybridized carbons (Fsp3) is 0.130. The lowest BCUT2D eigenvalue weighted by atomic mass is 9.99. The van der Waals surface area contributed by atoms with E-state index < -0.39 is 5.97 Å². The second-order valence-corrected chi connectivity index (χ2v) is 8.66. The molecule has 2 N–H and O–H groups in total. The van der Waals surface area contributed by atoms with Crippen molar-refractivity contribution in [1.82, 2.24) is 4.98 Å². The Bertz CT molecular complexity index is 1410. The van der Waals surface area contributed by atoms with E-state index in [0.29, 0.717) is 47.9 Å². The van der Waals surface area contributed by atoms with Crippen LogP contribution in [-0.4, -0.2) is 35.4 Å². The maximum atomic E-state index is 12.3. The number of thiazole rings is 1. The summed E-state index contributed by atoms with van der Waals surface area (Å²) in [6.07, 6.45) is 3.25. The van der Waals surface area contributed by atoms with Crippen molar-refractivity contribution in [2.45, 2.75) is 6.92 Å². The fourth-order valence-corrected chi connectivity index (χ4v) is 4.55. The minimum absolute atomic E-state index is 0.135. The van der Waals surface area contributed by atoms with Crippen LogP contribution in [0.4, 0.5) is 10.8 Å². The van der Waals surface area contributed by atoms with E-state index in [1.54, 1.807) is 38.2 Å². The van der Waals surface area contributed by atoms with Gasteiger partial charge in [0, 0.05) is 18.8 Å². The Kier molecular flexibility index (Phi) is 6.78. The van der Waals surface area contributed by atoms with Crippen molar-refractivity contribution in [3.8, 4) is 5.88 Å². The normalized spacial score (nSPS) is 14.5. The number of carbonyl (C=O) groups excluding carboxylic acids is 1. The summed E-state index contributed by atoms with van der Waals surface area (Å²) in [6, 6.07) is 10.7. The number of carbonyl (C=O) groups is 1. The fourth-order valence-electron chi connectivity index (χ4n) is 3.23. The summed E-state index contributed by atoms with van der Waals surface area (Å²) in [7, 11) is 1.61. The first-order valence-electron chi connectivity index (χ1n) is 9.86. The van der Waals surface area contributed by atoms with Crippen molar-refractivity contribution < 1.29 is 14.6 Å². The van der Waals surface area contributed by atoms with E-state index in [-0.39, 0.29) is 12.5 Å². The number of fused-ring (bicyclic) bond motifs is 1. The van der Waals surface area contributed by atoms with Crippen LogP contribution in [0.2, 0.25) is 10.0 Å². The monoisotopic (exact) mass is 500 g/mol. The molecule has 3 aromatic rings. The number of ether oxygens (including phenoxy) is 1. The predicted octanol–water partition coefficient (Wildman–Crippen LogP) is 4.23. The Hall–Kier alpha value is -3.20. The molecule has 1 aromatic heterocycles. The molecule has 33 heavy (non-hydrogen) atoms. The third-order valence-electron chi connectivity index (χ3n) is 4.71. The zero-order valence-corrected chi connectivity index (χ0v) is 19.9. The Morgan fingerprint density at radius 2 is 2.03 bits per heavy atom. The first-order chi connectivity index (χ1) is 15.9. The van der Waals surface area contributed by atoms with Crippen LogP contribution >= 0.6 is 34.5 Å². The number of nitrogens with zero attached hydrogens (tertiary/aromatic N) is 3. The molecule has 0 spiro atoms. The highest BCUT2D eigenvalue weighted by atomic mass is 35.5. The maximum Gasteiger partial charge on any atom is 0.341 e. The topological polar surface area (TPSA) is 96.2 Å².